The van der Waals surface area contributed by atoms with Crippen LogP contribution in [0, 0.1) is 11.6 Å². The molecule has 0 saturated heterocycles. The molecule has 144 valence electrons. The Morgan fingerprint density at radius 2 is 1.68 bits per heavy atom. The summed E-state index contributed by atoms with van der Waals surface area (Å²) in [5.41, 5.74) is 0.816. The molecule has 3 aromatic carbocycles. The van der Waals surface area contributed by atoms with Crippen molar-refractivity contribution in [3.8, 4) is 0 Å². The smallest absolute Gasteiger partial charge is 0.244 e. The fourth-order valence-electron chi connectivity index (χ4n) is 2.95. The van der Waals surface area contributed by atoms with E-state index in [0.717, 1.165) is 35.0 Å². The predicted octanol–water partition coefficient (Wildman–Crippen LogP) is 3.34. The number of rotatable bonds is 6. The summed E-state index contributed by atoms with van der Waals surface area (Å²) in [6.07, 6.45) is 1.17. The number of hydrogen-bond donors (Lipinski definition) is 3. The average molecular weight is 383 g/mol. The van der Waals surface area contributed by atoms with Crippen LogP contribution in [0.2, 0.25) is 0 Å². The molecule has 0 saturated carbocycles. The van der Waals surface area contributed by atoms with E-state index in [0.29, 0.717) is 5.56 Å². The zero-order chi connectivity index (χ0) is 20.1. The number of nitrogens with one attached hydrogen (secondary N) is 1. The molecule has 6 heteroatoms. The van der Waals surface area contributed by atoms with Crippen molar-refractivity contribution in [2.24, 2.45) is 0 Å². The summed E-state index contributed by atoms with van der Waals surface area (Å²) in [6, 6.07) is 15.2. The first kappa shape index (κ1) is 19.7. The third-order valence-electron chi connectivity index (χ3n) is 4.31. The van der Waals surface area contributed by atoms with E-state index in [4.69, 9.17) is 0 Å². The summed E-state index contributed by atoms with van der Waals surface area (Å²) in [7, 11) is 0. The number of halogens is 2. The summed E-state index contributed by atoms with van der Waals surface area (Å²) in [5, 5.41) is 24.1. The van der Waals surface area contributed by atoms with Crippen LogP contribution in [-0.2, 0) is 4.79 Å². The summed E-state index contributed by atoms with van der Waals surface area (Å²) < 4.78 is 26.5. The van der Waals surface area contributed by atoms with Gasteiger partial charge in [0.15, 0.2) is 0 Å². The van der Waals surface area contributed by atoms with Gasteiger partial charge in [0.1, 0.15) is 17.7 Å². The Hall–Kier alpha value is -3.09. The SMILES string of the molecule is O=C(/C=C/c1cc(F)cc(F)c1)N[C@H](c1ccc2ccccc2c1)[C@H](O)CO. The lowest BCUT2D eigenvalue weighted by molar-refractivity contribution is -0.118. The minimum Gasteiger partial charge on any atom is -0.394 e. The Labute approximate surface area is 160 Å². The van der Waals surface area contributed by atoms with Gasteiger partial charge >= 0.3 is 0 Å². The van der Waals surface area contributed by atoms with E-state index >= 15 is 0 Å². The number of carbonyl (C=O) groups excluding carboxylic acids is 1. The van der Waals surface area contributed by atoms with Crippen LogP contribution in [0.4, 0.5) is 8.78 Å². The molecule has 0 radical (unpaired) electrons. The van der Waals surface area contributed by atoms with Gasteiger partial charge in [0.25, 0.3) is 0 Å². The Balaban J connectivity index is 1.81. The van der Waals surface area contributed by atoms with Gasteiger partial charge in [-0.05, 0) is 46.2 Å². The first-order valence-corrected chi connectivity index (χ1v) is 8.68. The highest BCUT2D eigenvalue weighted by molar-refractivity contribution is 5.92. The third-order valence-corrected chi connectivity index (χ3v) is 4.31. The number of carbonyl (C=O) groups is 1. The maximum atomic E-state index is 13.2. The highest BCUT2D eigenvalue weighted by Gasteiger charge is 2.22. The summed E-state index contributed by atoms with van der Waals surface area (Å²) in [4.78, 5) is 12.3. The highest BCUT2D eigenvalue weighted by atomic mass is 19.1. The maximum Gasteiger partial charge on any atom is 0.244 e. The van der Waals surface area contributed by atoms with Crippen molar-refractivity contribution in [1.82, 2.24) is 5.32 Å². The van der Waals surface area contributed by atoms with E-state index in [-0.39, 0.29) is 5.56 Å². The molecule has 1 amide bonds. The van der Waals surface area contributed by atoms with E-state index < -0.39 is 36.3 Å². The summed E-state index contributed by atoms with van der Waals surface area (Å²) >= 11 is 0. The number of aliphatic hydroxyl groups is 2. The molecule has 0 aromatic heterocycles. The molecule has 28 heavy (non-hydrogen) atoms. The van der Waals surface area contributed by atoms with E-state index in [1.54, 1.807) is 6.07 Å². The second kappa shape index (κ2) is 8.73. The quantitative estimate of drug-likeness (QED) is 0.572. The average Bonchev–Trinajstić information content (AvgIpc) is 2.69. The van der Waals surface area contributed by atoms with Crippen molar-refractivity contribution in [3.63, 3.8) is 0 Å². The van der Waals surface area contributed by atoms with Crippen molar-refractivity contribution in [1.29, 1.82) is 0 Å². The molecule has 3 N–H and O–H groups in total. The first-order valence-electron chi connectivity index (χ1n) is 8.68. The van der Waals surface area contributed by atoms with Crippen LogP contribution >= 0.6 is 0 Å². The van der Waals surface area contributed by atoms with Crippen LogP contribution in [0.15, 0.2) is 66.7 Å². The molecule has 0 aliphatic rings. The molecule has 3 aromatic rings. The number of aliphatic hydroxyl groups excluding tert-OH is 2. The van der Waals surface area contributed by atoms with Crippen LogP contribution in [0.1, 0.15) is 17.2 Å². The molecule has 3 rings (SSSR count). The Morgan fingerprint density at radius 1 is 1.00 bits per heavy atom. The van der Waals surface area contributed by atoms with Crippen LogP contribution in [-0.4, -0.2) is 28.8 Å². The molecule has 2 atom stereocenters. The molecule has 0 spiro atoms. The molecule has 0 heterocycles. The monoisotopic (exact) mass is 383 g/mol. The van der Waals surface area contributed by atoms with Crippen molar-refractivity contribution in [2.75, 3.05) is 6.61 Å². The molecule has 0 aliphatic heterocycles. The van der Waals surface area contributed by atoms with E-state index in [1.165, 1.54) is 6.08 Å². The van der Waals surface area contributed by atoms with Crippen LogP contribution in [0.5, 0.6) is 0 Å². The van der Waals surface area contributed by atoms with Gasteiger partial charge in [-0.15, -0.1) is 0 Å². The first-order chi connectivity index (χ1) is 13.5. The molecule has 0 unspecified atom stereocenters. The van der Waals surface area contributed by atoms with E-state index in [9.17, 15) is 23.8 Å². The van der Waals surface area contributed by atoms with Crippen LogP contribution < -0.4 is 5.32 Å². The lowest BCUT2D eigenvalue weighted by atomic mass is 9.98. The van der Waals surface area contributed by atoms with Crippen molar-refractivity contribution in [2.45, 2.75) is 12.1 Å². The van der Waals surface area contributed by atoms with Crippen LogP contribution in [0.3, 0.4) is 0 Å². The molecule has 0 bridgehead atoms. The van der Waals surface area contributed by atoms with E-state index in [1.807, 2.05) is 36.4 Å². The molecular formula is C22H19F2NO3. The lowest BCUT2D eigenvalue weighted by Gasteiger charge is -2.23. The summed E-state index contributed by atoms with van der Waals surface area (Å²) in [6.45, 7) is -0.545. The fraction of sp³-hybridized carbons (Fsp3) is 0.136. The Morgan fingerprint density at radius 3 is 2.36 bits per heavy atom. The second-order valence-electron chi connectivity index (χ2n) is 6.38. The van der Waals surface area contributed by atoms with Crippen molar-refractivity contribution >= 4 is 22.8 Å². The number of hydrogen-bond acceptors (Lipinski definition) is 3. The van der Waals surface area contributed by atoms with E-state index in [2.05, 4.69) is 5.32 Å². The normalized spacial score (nSPS) is 13.6. The largest absolute Gasteiger partial charge is 0.394 e. The molecular weight excluding hydrogens is 364 g/mol. The topological polar surface area (TPSA) is 69.6 Å². The standard InChI is InChI=1S/C22H19F2NO3/c23-18-9-14(10-19(24)12-18)5-8-21(28)25-22(20(27)13-26)17-7-6-15-3-1-2-4-16(15)11-17/h1-12,20,22,26-27H,13H2,(H,25,28)/b8-5+/t20-,22-/m1/s1. The second-order valence-corrected chi connectivity index (χ2v) is 6.38. The summed E-state index contributed by atoms with van der Waals surface area (Å²) in [5.74, 6) is -2.06. The van der Waals surface area contributed by atoms with Gasteiger partial charge in [0.2, 0.25) is 5.91 Å². The maximum absolute atomic E-state index is 13.2. The van der Waals surface area contributed by atoms with Gasteiger partial charge in [-0.3, -0.25) is 4.79 Å². The Bertz CT molecular complexity index is 999. The minimum atomic E-state index is -1.22. The number of amides is 1. The van der Waals surface area contributed by atoms with Gasteiger partial charge in [-0.2, -0.15) is 0 Å². The molecule has 4 nitrogen and oxygen atoms in total. The van der Waals surface area contributed by atoms with Gasteiger partial charge in [-0.1, -0.05) is 36.4 Å². The van der Waals surface area contributed by atoms with Gasteiger partial charge in [0.05, 0.1) is 12.6 Å². The zero-order valence-corrected chi connectivity index (χ0v) is 14.8. The van der Waals surface area contributed by atoms with Gasteiger partial charge in [0, 0.05) is 12.1 Å². The van der Waals surface area contributed by atoms with Gasteiger partial charge < -0.3 is 15.5 Å². The van der Waals surface area contributed by atoms with Gasteiger partial charge in [-0.25, -0.2) is 8.78 Å². The highest BCUT2D eigenvalue weighted by Crippen LogP contribution is 2.23. The zero-order valence-electron chi connectivity index (χ0n) is 14.8. The minimum absolute atomic E-state index is 0.192. The van der Waals surface area contributed by atoms with Crippen molar-refractivity contribution in [3.05, 3.63) is 89.5 Å². The number of benzene rings is 3. The Kier molecular flexibility index (Phi) is 6.13. The van der Waals surface area contributed by atoms with Crippen molar-refractivity contribution < 1.29 is 23.8 Å². The fourth-order valence-corrected chi connectivity index (χ4v) is 2.95. The lowest BCUT2D eigenvalue weighted by Crippen LogP contribution is -2.37. The van der Waals surface area contributed by atoms with Crippen LogP contribution in [0.25, 0.3) is 16.8 Å². The molecule has 0 aliphatic carbocycles. The molecule has 0 fully saturated rings. The number of fused-ring (bicyclic) bond motifs is 1. The predicted molar refractivity (Wildman–Crippen MR) is 103 cm³/mol. The third kappa shape index (κ3) is 4.79.